The van der Waals surface area contributed by atoms with Crippen LogP contribution in [0, 0.1) is 0 Å². The number of ether oxygens (including phenoxy) is 1. The molecule has 1 saturated heterocycles. The Hall–Kier alpha value is -0.640. The Morgan fingerprint density at radius 2 is 2.12 bits per heavy atom. The normalized spacial score (nSPS) is 20.5. The lowest BCUT2D eigenvalue weighted by molar-refractivity contribution is 0.414. The molecule has 1 fully saturated rings. The second kappa shape index (κ2) is 5.34. The van der Waals surface area contributed by atoms with E-state index in [1.54, 1.807) is 13.2 Å². The lowest BCUT2D eigenvalue weighted by atomic mass is 10.1. The van der Waals surface area contributed by atoms with Crippen LogP contribution in [0.15, 0.2) is 12.1 Å². The number of benzene rings is 1. The quantitative estimate of drug-likeness (QED) is 0.898. The van der Waals surface area contributed by atoms with Gasteiger partial charge in [0.15, 0.2) is 0 Å². The van der Waals surface area contributed by atoms with Crippen molar-refractivity contribution in [3.05, 3.63) is 22.2 Å². The molecule has 1 aromatic rings. The maximum atomic E-state index is 6.26. The average molecular weight is 275 g/mol. The Kier molecular flexibility index (Phi) is 4.02. The highest BCUT2D eigenvalue weighted by atomic mass is 35.5. The summed E-state index contributed by atoms with van der Waals surface area (Å²) in [5.74, 6) is 0.664. The van der Waals surface area contributed by atoms with Gasteiger partial charge in [0.2, 0.25) is 0 Å². The highest BCUT2D eigenvalue weighted by molar-refractivity contribution is 6.37. The van der Waals surface area contributed by atoms with Crippen LogP contribution >= 0.6 is 23.2 Å². The number of hydrogen-bond donors (Lipinski definition) is 1. The molecule has 94 valence electrons. The molecular weight excluding hydrogens is 259 g/mol. The Morgan fingerprint density at radius 1 is 1.35 bits per heavy atom. The summed E-state index contributed by atoms with van der Waals surface area (Å²) in [6.07, 6.45) is 0. The molecule has 0 unspecified atom stereocenters. The van der Waals surface area contributed by atoms with Gasteiger partial charge in [0.05, 0.1) is 22.8 Å². The highest BCUT2D eigenvalue weighted by Gasteiger charge is 2.21. The molecule has 0 aliphatic carbocycles. The Morgan fingerprint density at radius 3 is 2.76 bits per heavy atom. The van der Waals surface area contributed by atoms with Crippen LogP contribution < -0.4 is 15.0 Å². The molecule has 1 aliphatic rings. The zero-order valence-electron chi connectivity index (χ0n) is 9.96. The minimum atomic E-state index is 0.409. The molecular formula is C12H16Cl2N2O. The zero-order chi connectivity index (χ0) is 12.4. The van der Waals surface area contributed by atoms with Gasteiger partial charge in [-0.1, -0.05) is 23.2 Å². The third-order valence-electron chi connectivity index (χ3n) is 3.03. The maximum Gasteiger partial charge on any atom is 0.139 e. The van der Waals surface area contributed by atoms with Crippen molar-refractivity contribution in [2.24, 2.45) is 0 Å². The summed E-state index contributed by atoms with van der Waals surface area (Å²) in [5.41, 5.74) is 0.988. The molecule has 5 heteroatoms. The predicted molar refractivity (Wildman–Crippen MR) is 72.7 cm³/mol. The fraction of sp³-hybridized carbons (Fsp3) is 0.500. The maximum absolute atomic E-state index is 6.26. The van der Waals surface area contributed by atoms with Crippen LogP contribution in [0.25, 0.3) is 0 Å². The summed E-state index contributed by atoms with van der Waals surface area (Å²) >= 11 is 12.3. The van der Waals surface area contributed by atoms with E-state index in [1.165, 1.54) is 0 Å². The number of anilines is 1. The third-order valence-corrected chi connectivity index (χ3v) is 3.63. The van der Waals surface area contributed by atoms with E-state index in [9.17, 15) is 0 Å². The topological polar surface area (TPSA) is 24.5 Å². The van der Waals surface area contributed by atoms with Crippen molar-refractivity contribution in [2.75, 3.05) is 31.6 Å². The first-order valence-electron chi connectivity index (χ1n) is 5.64. The Balaban J connectivity index is 2.36. The van der Waals surface area contributed by atoms with Gasteiger partial charge in [0.1, 0.15) is 5.75 Å². The Labute approximate surface area is 112 Å². The summed E-state index contributed by atoms with van der Waals surface area (Å²) in [5, 5.41) is 4.57. The fourth-order valence-electron chi connectivity index (χ4n) is 2.09. The average Bonchev–Trinajstić information content (AvgIpc) is 2.31. The molecule has 1 heterocycles. The van der Waals surface area contributed by atoms with Crippen LogP contribution in [0.4, 0.5) is 5.69 Å². The van der Waals surface area contributed by atoms with Crippen molar-refractivity contribution < 1.29 is 4.74 Å². The summed E-state index contributed by atoms with van der Waals surface area (Å²) in [4.78, 5) is 2.28. The number of nitrogens with one attached hydrogen (secondary N) is 1. The number of nitrogens with zero attached hydrogens (tertiary/aromatic N) is 1. The van der Waals surface area contributed by atoms with E-state index in [1.807, 2.05) is 6.07 Å². The number of piperazine rings is 1. The standard InChI is InChI=1S/C12H16Cl2N2O/c1-8-7-15-3-4-16(8)11-6-12(17-2)10(14)5-9(11)13/h5-6,8,15H,3-4,7H2,1-2H3/t8-/m0/s1. The molecule has 17 heavy (non-hydrogen) atoms. The van der Waals surface area contributed by atoms with Crippen LogP contribution in [-0.2, 0) is 0 Å². The van der Waals surface area contributed by atoms with Gasteiger partial charge in [-0.15, -0.1) is 0 Å². The van der Waals surface area contributed by atoms with Gasteiger partial charge < -0.3 is 15.0 Å². The molecule has 1 N–H and O–H groups in total. The largest absolute Gasteiger partial charge is 0.495 e. The van der Waals surface area contributed by atoms with E-state index in [0.717, 1.165) is 25.3 Å². The van der Waals surface area contributed by atoms with Gasteiger partial charge in [0.25, 0.3) is 0 Å². The molecule has 1 aliphatic heterocycles. The first-order valence-corrected chi connectivity index (χ1v) is 6.39. The molecule has 3 nitrogen and oxygen atoms in total. The van der Waals surface area contributed by atoms with Crippen molar-refractivity contribution >= 4 is 28.9 Å². The minimum Gasteiger partial charge on any atom is -0.495 e. The molecule has 0 amide bonds. The molecule has 1 aromatic carbocycles. The van der Waals surface area contributed by atoms with Crippen molar-refractivity contribution in [1.29, 1.82) is 0 Å². The van der Waals surface area contributed by atoms with Crippen LogP contribution in [0.5, 0.6) is 5.75 Å². The Bertz CT molecular complexity index is 412. The first-order chi connectivity index (χ1) is 8.13. The summed E-state index contributed by atoms with van der Waals surface area (Å²) in [6, 6.07) is 4.06. The molecule has 0 aromatic heterocycles. The van der Waals surface area contributed by atoms with Gasteiger partial charge >= 0.3 is 0 Å². The van der Waals surface area contributed by atoms with E-state index in [-0.39, 0.29) is 0 Å². The lowest BCUT2D eigenvalue weighted by Gasteiger charge is -2.36. The zero-order valence-corrected chi connectivity index (χ0v) is 11.5. The molecule has 0 bridgehead atoms. The third kappa shape index (κ3) is 2.62. The van der Waals surface area contributed by atoms with Gasteiger partial charge in [-0.3, -0.25) is 0 Å². The van der Waals surface area contributed by atoms with Crippen LogP contribution in [-0.4, -0.2) is 32.8 Å². The van der Waals surface area contributed by atoms with E-state index in [2.05, 4.69) is 17.1 Å². The summed E-state index contributed by atoms with van der Waals surface area (Å²) in [6.45, 7) is 5.03. The van der Waals surface area contributed by atoms with E-state index in [0.29, 0.717) is 21.8 Å². The summed E-state index contributed by atoms with van der Waals surface area (Å²) in [7, 11) is 1.61. The van der Waals surface area contributed by atoms with Crippen LogP contribution in [0.1, 0.15) is 6.92 Å². The van der Waals surface area contributed by atoms with Gasteiger partial charge in [-0.2, -0.15) is 0 Å². The summed E-state index contributed by atoms with van der Waals surface area (Å²) < 4.78 is 5.23. The first kappa shape index (κ1) is 12.8. The minimum absolute atomic E-state index is 0.409. The highest BCUT2D eigenvalue weighted by Crippen LogP contribution is 2.37. The molecule has 0 spiro atoms. The van der Waals surface area contributed by atoms with E-state index in [4.69, 9.17) is 27.9 Å². The second-order valence-electron chi connectivity index (χ2n) is 4.18. The number of halogens is 2. The van der Waals surface area contributed by atoms with Gasteiger partial charge in [-0.05, 0) is 13.0 Å². The molecule has 0 saturated carbocycles. The van der Waals surface area contributed by atoms with Crippen molar-refractivity contribution in [3.8, 4) is 5.75 Å². The van der Waals surface area contributed by atoms with Gasteiger partial charge in [-0.25, -0.2) is 0 Å². The molecule has 0 radical (unpaired) electrons. The lowest BCUT2D eigenvalue weighted by Crippen LogP contribution is -2.50. The number of rotatable bonds is 2. The van der Waals surface area contributed by atoms with E-state index < -0.39 is 0 Å². The SMILES string of the molecule is COc1cc(N2CCNC[C@@H]2C)c(Cl)cc1Cl. The number of methoxy groups -OCH3 is 1. The smallest absolute Gasteiger partial charge is 0.139 e. The predicted octanol–water partition coefficient (Wildman–Crippen LogP) is 2.80. The van der Waals surface area contributed by atoms with E-state index >= 15 is 0 Å². The van der Waals surface area contributed by atoms with Crippen LogP contribution in [0.3, 0.4) is 0 Å². The monoisotopic (exact) mass is 274 g/mol. The number of hydrogen-bond acceptors (Lipinski definition) is 3. The van der Waals surface area contributed by atoms with Crippen molar-refractivity contribution in [2.45, 2.75) is 13.0 Å². The van der Waals surface area contributed by atoms with Gasteiger partial charge in [0, 0.05) is 31.7 Å². The van der Waals surface area contributed by atoms with Crippen molar-refractivity contribution in [1.82, 2.24) is 5.32 Å². The van der Waals surface area contributed by atoms with Crippen molar-refractivity contribution in [3.63, 3.8) is 0 Å². The second-order valence-corrected chi connectivity index (χ2v) is 5.00. The van der Waals surface area contributed by atoms with Crippen LogP contribution in [0.2, 0.25) is 10.0 Å². The fourth-order valence-corrected chi connectivity index (χ4v) is 2.66. The molecule has 1 atom stereocenters. The molecule has 2 rings (SSSR count).